The van der Waals surface area contributed by atoms with Gasteiger partial charge in [0, 0.05) is 12.6 Å². The molecule has 9 nitrogen and oxygen atoms in total. The summed E-state index contributed by atoms with van der Waals surface area (Å²) in [5.74, 6) is 0.994. The maximum Gasteiger partial charge on any atom is 0.251 e. The third kappa shape index (κ3) is 3.87. The van der Waals surface area contributed by atoms with E-state index in [-0.39, 0.29) is 11.9 Å². The SMILES string of the molecule is CC(C)CC(NC(=O)c1ccc(-n2cnnn2)cc1)c1ncnn1C. The monoisotopic (exact) mass is 340 g/mol. The van der Waals surface area contributed by atoms with Gasteiger partial charge < -0.3 is 5.32 Å². The maximum atomic E-state index is 12.6. The Balaban J connectivity index is 1.76. The Labute approximate surface area is 145 Å². The van der Waals surface area contributed by atoms with Crippen molar-refractivity contribution in [1.82, 2.24) is 40.3 Å². The molecule has 1 N–H and O–H groups in total. The van der Waals surface area contributed by atoms with Crippen molar-refractivity contribution >= 4 is 5.91 Å². The molecule has 1 atom stereocenters. The van der Waals surface area contributed by atoms with Crippen molar-refractivity contribution in [2.45, 2.75) is 26.3 Å². The molecular formula is C16H20N8O. The molecule has 1 aromatic carbocycles. The summed E-state index contributed by atoms with van der Waals surface area (Å²) in [6.45, 7) is 4.22. The molecule has 9 heteroatoms. The van der Waals surface area contributed by atoms with Crippen LogP contribution in [0.3, 0.4) is 0 Å². The van der Waals surface area contributed by atoms with Crippen LogP contribution in [0.15, 0.2) is 36.9 Å². The number of nitrogens with one attached hydrogen (secondary N) is 1. The molecule has 0 saturated heterocycles. The summed E-state index contributed by atoms with van der Waals surface area (Å²) in [7, 11) is 1.82. The van der Waals surface area contributed by atoms with E-state index in [2.05, 4.69) is 44.8 Å². The van der Waals surface area contributed by atoms with Crippen LogP contribution in [0.5, 0.6) is 0 Å². The van der Waals surface area contributed by atoms with Crippen LogP contribution < -0.4 is 5.32 Å². The van der Waals surface area contributed by atoms with E-state index in [1.165, 1.54) is 17.3 Å². The molecule has 0 bridgehead atoms. The summed E-state index contributed by atoms with van der Waals surface area (Å²) in [4.78, 5) is 16.9. The van der Waals surface area contributed by atoms with Gasteiger partial charge in [0.15, 0.2) is 0 Å². The van der Waals surface area contributed by atoms with Gasteiger partial charge in [0.25, 0.3) is 5.91 Å². The third-order valence-electron chi connectivity index (χ3n) is 3.81. The predicted molar refractivity (Wildman–Crippen MR) is 89.8 cm³/mol. The van der Waals surface area contributed by atoms with Crippen LogP contribution in [-0.2, 0) is 7.05 Å². The Hall–Kier alpha value is -3.10. The highest BCUT2D eigenvalue weighted by molar-refractivity contribution is 5.94. The second kappa shape index (κ2) is 7.20. The molecule has 130 valence electrons. The average molecular weight is 340 g/mol. The number of nitrogens with zero attached hydrogens (tertiary/aromatic N) is 7. The number of carbonyl (C=O) groups is 1. The minimum absolute atomic E-state index is 0.156. The van der Waals surface area contributed by atoms with Crippen LogP contribution in [0.2, 0.25) is 0 Å². The predicted octanol–water partition coefficient (Wildman–Crippen LogP) is 1.31. The summed E-state index contributed by atoms with van der Waals surface area (Å²) in [6, 6.07) is 6.89. The van der Waals surface area contributed by atoms with Crippen LogP contribution in [0.4, 0.5) is 0 Å². The number of aryl methyl sites for hydroxylation is 1. The van der Waals surface area contributed by atoms with Gasteiger partial charge in [0.05, 0.1) is 11.7 Å². The summed E-state index contributed by atoms with van der Waals surface area (Å²) in [5.41, 5.74) is 1.35. The highest BCUT2D eigenvalue weighted by atomic mass is 16.1. The molecule has 0 aliphatic carbocycles. The molecule has 0 fully saturated rings. The zero-order chi connectivity index (χ0) is 17.8. The van der Waals surface area contributed by atoms with Gasteiger partial charge in [-0.15, -0.1) is 5.10 Å². The number of tetrazole rings is 1. The lowest BCUT2D eigenvalue weighted by molar-refractivity contribution is 0.0929. The number of rotatable bonds is 6. The summed E-state index contributed by atoms with van der Waals surface area (Å²) in [6.07, 6.45) is 3.78. The Morgan fingerprint density at radius 2 is 2.00 bits per heavy atom. The summed E-state index contributed by atoms with van der Waals surface area (Å²) in [5, 5.41) is 18.2. The highest BCUT2D eigenvalue weighted by Gasteiger charge is 2.21. The van der Waals surface area contributed by atoms with E-state index in [4.69, 9.17) is 0 Å². The largest absolute Gasteiger partial charge is 0.342 e. The number of hydrogen-bond donors (Lipinski definition) is 1. The molecule has 3 rings (SSSR count). The second-order valence-corrected chi connectivity index (χ2v) is 6.20. The van der Waals surface area contributed by atoms with Gasteiger partial charge in [-0.1, -0.05) is 13.8 Å². The van der Waals surface area contributed by atoms with Crippen LogP contribution in [0, 0.1) is 5.92 Å². The van der Waals surface area contributed by atoms with E-state index < -0.39 is 0 Å². The molecule has 0 radical (unpaired) electrons. The van der Waals surface area contributed by atoms with E-state index in [0.29, 0.717) is 11.5 Å². The van der Waals surface area contributed by atoms with Crippen molar-refractivity contribution in [2.75, 3.05) is 0 Å². The van der Waals surface area contributed by atoms with Crippen molar-refractivity contribution in [3.8, 4) is 5.69 Å². The lowest BCUT2D eigenvalue weighted by Gasteiger charge is -2.20. The Kier molecular flexibility index (Phi) is 4.82. The van der Waals surface area contributed by atoms with Gasteiger partial charge in [-0.2, -0.15) is 5.10 Å². The zero-order valence-corrected chi connectivity index (χ0v) is 14.4. The Morgan fingerprint density at radius 3 is 2.56 bits per heavy atom. The van der Waals surface area contributed by atoms with Gasteiger partial charge in [-0.3, -0.25) is 9.48 Å². The van der Waals surface area contributed by atoms with Crippen LogP contribution >= 0.6 is 0 Å². The van der Waals surface area contributed by atoms with Gasteiger partial charge >= 0.3 is 0 Å². The molecule has 25 heavy (non-hydrogen) atoms. The number of hydrogen-bond acceptors (Lipinski definition) is 6. The fourth-order valence-electron chi connectivity index (χ4n) is 2.61. The Morgan fingerprint density at radius 1 is 1.24 bits per heavy atom. The molecule has 0 saturated carbocycles. The third-order valence-corrected chi connectivity index (χ3v) is 3.81. The first-order chi connectivity index (χ1) is 12.0. The molecule has 0 aliphatic rings. The van der Waals surface area contributed by atoms with Gasteiger partial charge in [-0.05, 0) is 47.0 Å². The highest BCUT2D eigenvalue weighted by Crippen LogP contribution is 2.19. The van der Waals surface area contributed by atoms with E-state index in [1.54, 1.807) is 28.9 Å². The topological polar surface area (TPSA) is 103 Å². The van der Waals surface area contributed by atoms with Crippen molar-refractivity contribution in [2.24, 2.45) is 13.0 Å². The van der Waals surface area contributed by atoms with Crippen molar-refractivity contribution < 1.29 is 4.79 Å². The van der Waals surface area contributed by atoms with Gasteiger partial charge in [-0.25, -0.2) is 9.67 Å². The van der Waals surface area contributed by atoms with Gasteiger partial charge in [0.2, 0.25) is 0 Å². The van der Waals surface area contributed by atoms with Gasteiger partial charge in [0.1, 0.15) is 18.5 Å². The standard InChI is InChI=1S/C16H20N8O/c1-11(2)8-14(15-17-9-19-23(15)3)20-16(25)12-4-6-13(7-5-12)24-10-18-21-22-24/h4-7,9-11,14H,8H2,1-3H3,(H,20,25). The van der Waals surface area contributed by atoms with E-state index >= 15 is 0 Å². The molecule has 1 unspecified atom stereocenters. The fourth-order valence-corrected chi connectivity index (χ4v) is 2.61. The van der Waals surface area contributed by atoms with Crippen LogP contribution in [0.1, 0.15) is 42.5 Å². The fraction of sp³-hybridized carbons (Fsp3) is 0.375. The Bertz CT molecular complexity index is 822. The van der Waals surface area contributed by atoms with E-state index in [1.807, 2.05) is 7.05 Å². The van der Waals surface area contributed by atoms with Crippen LogP contribution in [-0.4, -0.2) is 40.9 Å². The second-order valence-electron chi connectivity index (χ2n) is 6.20. The minimum Gasteiger partial charge on any atom is -0.342 e. The number of amides is 1. The molecule has 3 aromatic rings. The first kappa shape index (κ1) is 16.7. The summed E-state index contributed by atoms with van der Waals surface area (Å²) < 4.78 is 3.22. The normalized spacial score (nSPS) is 12.3. The molecule has 0 spiro atoms. The summed E-state index contributed by atoms with van der Waals surface area (Å²) >= 11 is 0. The zero-order valence-electron chi connectivity index (χ0n) is 14.4. The van der Waals surface area contributed by atoms with E-state index in [9.17, 15) is 4.79 Å². The van der Waals surface area contributed by atoms with E-state index in [0.717, 1.165) is 17.9 Å². The van der Waals surface area contributed by atoms with Crippen molar-refractivity contribution in [3.63, 3.8) is 0 Å². The lowest BCUT2D eigenvalue weighted by atomic mass is 10.0. The maximum absolute atomic E-state index is 12.6. The quantitative estimate of drug-likeness (QED) is 0.725. The molecule has 2 aromatic heterocycles. The molecule has 1 amide bonds. The van der Waals surface area contributed by atoms with Crippen molar-refractivity contribution in [3.05, 3.63) is 48.3 Å². The first-order valence-electron chi connectivity index (χ1n) is 8.02. The first-order valence-corrected chi connectivity index (χ1v) is 8.02. The number of carbonyl (C=O) groups excluding carboxylic acids is 1. The average Bonchev–Trinajstić information content (AvgIpc) is 3.25. The molecule has 0 aliphatic heterocycles. The number of benzene rings is 1. The van der Waals surface area contributed by atoms with Crippen LogP contribution in [0.25, 0.3) is 5.69 Å². The minimum atomic E-state index is -0.195. The molecule has 2 heterocycles. The smallest absolute Gasteiger partial charge is 0.251 e. The number of aromatic nitrogens is 7. The lowest BCUT2D eigenvalue weighted by Crippen LogP contribution is -2.31. The van der Waals surface area contributed by atoms with Crippen molar-refractivity contribution in [1.29, 1.82) is 0 Å². The molecular weight excluding hydrogens is 320 g/mol.